The lowest BCUT2D eigenvalue weighted by atomic mass is 10.0. The molecule has 0 aromatic heterocycles. The first-order valence-corrected chi connectivity index (χ1v) is 9.97. The summed E-state index contributed by atoms with van der Waals surface area (Å²) in [6.07, 6.45) is 10.2. The van der Waals surface area contributed by atoms with Gasteiger partial charge < -0.3 is 4.74 Å². The Morgan fingerprint density at radius 1 is 1.00 bits per heavy atom. The summed E-state index contributed by atoms with van der Waals surface area (Å²) in [6.45, 7) is 14.7. The van der Waals surface area contributed by atoms with Crippen LogP contribution in [-0.4, -0.2) is 5.97 Å². The quantitative estimate of drug-likeness (QED) is 0.196. The third-order valence-corrected chi connectivity index (χ3v) is 4.49. The van der Waals surface area contributed by atoms with E-state index in [0.29, 0.717) is 11.7 Å². The monoisotopic (exact) mass is 368 g/mol. The fraction of sp³-hybridized carbons (Fsp3) is 0.480. The second-order valence-electron chi connectivity index (χ2n) is 8.02. The van der Waals surface area contributed by atoms with Gasteiger partial charge in [0.15, 0.2) is 0 Å². The number of carbonyl (C=O) groups is 1. The van der Waals surface area contributed by atoms with Crippen molar-refractivity contribution in [1.82, 2.24) is 0 Å². The molecule has 0 heterocycles. The van der Waals surface area contributed by atoms with Gasteiger partial charge in [0.25, 0.3) is 0 Å². The zero-order valence-electron chi connectivity index (χ0n) is 18.2. The molecular weight excluding hydrogens is 332 g/mol. The van der Waals surface area contributed by atoms with E-state index in [0.717, 1.165) is 42.4 Å². The first-order valence-electron chi connectivity index (χ1n) is 9.97. The van der Waals surface area contributed by atoms with Crippen LogP contribution in [0.5, 0.6) is 5.75 Å². The number of benzene rings is 1. The van der Waals surface area contributed by atoms with Crippen molar-refractivity contribution < 1.29 is 9.53 Å². The first kappa shape index (κ1) is 23.0. The predicted octanol–water partition coefficient (Wildman–Crippen LogP) is 7.44. The fourth-order valence-electron chi connectivity index (χ4n) is 2.85. The van der Waals surface area contributed by atoms with Gasteiger partial charge in [-0.05, 0) is 83.4 Å². The van der Waals surface area contributed by atoms with E-state index in [1.807, 2.05) is 26.0 Å². The Kier molecular flexibility index (Phi) is 9.85. The maximum atomic E-state index is 12.3. The smallest absolute Gasteiger partial charge is 0.336 e. The number of esters is 1. The summed E-state index contributed by atoms with van der Waals surface area (Å²) in [4.78, 5) is 12.3. The van der Waals surface area contributed by atoms with E-state index in [1.54, 1.807) is 6.08 Å². The maximum absolute atomic E-state index is 12.3. The van der Waals surface area contributed by atoms with E-state index in [9.17, 15) is 4.79 Å². The highest BCUT2D eigenvalue weighted by molar-refractivity contribution is 5.85. The van der Waals surface area contributed by atoms with Crippen molar-refractivity contribution in [1.29, 1.82) is 0 Å². The highest BCUT2D eigenvalue weighted by Crippen LogP contribution is 2.27. The van der Waals surface area contributed by atoms with E-state index in [4.69, 9.17) is 4.74 Å². The Labute approximate surface area is 166 Å². The van der Waals surface area contributed by atoms with Crippen LogP contribution < -0.4 is 4.74 Å². The average Bonchev–Trinajstić information content (AvgIpc) is 2.53. The molecule has 0 amide bonds. The summed E-state index contributed by atoms with van der Waals surface area (Å²) in [5, 5.41) is 0. The van der Waals surface area contributed by atoms with Crippen molar-refractivity contribution in [3.8, 4) is 5.75 Å². The van der Waals surface area contributed by atoms with Crippen LogP contribution in [0.2, 0.25) is 0 Å². The van der Waals surface area contributed by atoms with Crippen LogP contribution in [-0.2, 0) is 4.79 Å². The molecule has 148 valence electrons. The van der Waals surface area contributed by atoms with Crippen LogP contribution in [0.25, 0.3) is 0 Å². The highest BCUT2D eigenvalue weighted by atomic mass is 16.5. The molecule has 0 aliphatic carbocycles. The van der Waals surface area contributed by atoms with Gasteiger partial charge in [-0.1, -0.05) is 54.9 Å². The lowest BCUT2D eigenvalue weighted by Gasteiger charge is -2.13. The molecule has 1 aromatic carbocycles. The summed E-state index contributed by atoms with van der Waals surface area (Å²) < 4.78 is 5.62. The van der Waals surface area contributed by atoms with Crippen LogP contribution in [0.3, 0.4) is 0 Å². The predicted molar refractivity (Wildman–Crippen MR) is 116 cm³/mol. The number of rotatable bonds is 9. The molecular formula is C25H36O2. The lowest BCUT2D eigenvalue weighted by Crippen LogP contribution is -2.07. The van der Waals surface area contributed by atoms with Crippen LogP contribution in [0, 0.1) is 6.92 Å². The molecule has 0 unspecified atom stereocenters. The van der Waals surface area contributed by atoms with Crippen LogP contribution in [0.15, 0.2) is 53.1 Å². The second kappa shape index (κ2) is 11.6. The SMILES string of the molecule is CC(C)=CCC/C(C)=C/CC/C(C)=C/C(=O)Oc1cc(C)ccc1C(C)C. The number of aryl methyl sites for hydroxylation is 1. The van der Waals surface area contributed by atoms with Crippen LogP contribution in [0.4, 0.5) is 0 Å². The van der Waals surface area contributed by atoms with Crippen molar-refractivity contribution in [2.24, 2.45) is 0 Å². The van der Waals surface area contributed by atoms with Gasteiger partial charge >= 0.3 is 5.97 Å². The van der Waals surface area contributed by atoms with E-state index in [1.165, 1.54) is 11.1 Å². The molecule has 0 N–H and O–H groups in total. The zero-order valence-corrected chi connectivity index (χ0v) is 18.2. The Hall–Kier alpha value is -2.09. The maximum Gasteiger partial charge on any atom is 0.336 e. The Morgan fingerprint density at radius 3 is 2.26 bits per heavy atom. The molecule has 2 heteroatoms. The molecule has 1 rings (SSSR count). The van der Waals surface area contributed by atoms with Gasteiger partial charge in [0.1, 0.15) is 5.75 Å². The Bertz CT molecular complexity index is 714. The standard InChI is InChI=1S/C25H36O2/c1-18(2)10-8-11-20(5)12-9-13-21(6)17-25(26)27-24-16-22(7)14-15-23(24)19(3)4/h10,12,14-17,19H,8-9,11,13H2,1-7H3/b20-12+,21-17+. The summed E-state index contributed by atoms with van der Waals surface area (Å²) in [5.74, 6) is 0.705. The molecule has 0 radical (unpaired) electrons. The number of allylic oxidation sites excluding steroid dienone is 5. The van der Waals surface area contributed by atoms with E-state index in [-0.39, 0.29) is 5.97 Å². The molecule has 1 aromatic rings. The zero-order chi connectivity index (χ0) is 20.4. The molecule has 27 heavy (non-hydrogen) atoms. The van der Waals surface area contributed by atoms with Crippen LogP contribution >= 0.6 is 0 Å². The minimum Gasteiger partial charge on any atom is -0.423 e. The van der Waals surface area contributed by atoms with Crippen molar-refractivity contribution in [2.45, 2.75) is 80.1 Å². The summed E-state index contributed by atoms with van der Waals surface area (Å²) in [7, 11) is 0. The van der Waals surface area contributed by atoms with E-state index >= 15 is 0 Å². The van der Waals surface area contributed by atoms with Gasteiger partial charge in [0.2, 0.25) is 0 Å². The molecule has 0 bridgehead atoms. The molecule has 0 spiro atoms. The Balaban J connectivity index is 2.59. The van der Waals surface area contributed by atoms with Gasteiger partial charge in [-0.3, -0.25) is 0 Å². The minimum absolute atomic E-state index is 0.288. The van der Waals surface area contributed by atoms with Gasteiger partial charge in [-0.15, -0.1) is 0 Å². The van der Waals surface area contributed by atoms with Gasteiger partial charge in [0.05, 0.1) is 0 Å². The summed E-state index contributed by atoms with van der Waals surface area (Å²) >= 11 is 0. The van der Waals surface area contributed by atoms with Crippen molar-refractivity contribution in [3.05, 3.63) is 64.3 Å². The number of hydrogen-bond donors (Lipinski definition) is 0. The average molecular weight is 369 g/mol. The molecule has 0 aliphatic heterocycles. The largest absolute Gasteiger partial charge is 0.423 e. The fourth-order valence-corrected chi connectivity index (χ4v) is 2.85. The van der Waals surface area contributed by atoms with Crippen molar-refractivity contribution in [2.75, 3.05) is 0 Å². The van der Waals surface area contributed by atoms with Crippen molar-refractivity contribution in [3.63, 3.8) is 0 Å². The van der Waals surface area contributed by atoms with E-state index in [2.05, 4.69) is 52.8 Å². The lowest BCUT2D eigenvalue weighted by molar-refractivity contribution is -0.129. The van der Waals surface area contributed by atoms with Gasteiger partial charge in [-0.2, -0.15) is 0 Å². The number of hydrogen-bond acceptors (Lipinski definition) is 2. The second-order valence-corrected chi connectivity index (χ2v) is 8.02. The molecule has 2 nitrogen and oxygen atoms in total. The van der Waals surface area contributed by atoms with Crippen LogP contribution in [0.1, 0.15) is 84.3 Å². The molecule has 0 fully saturated rings. The molecule has 0 atom stereocenters. The number of ether oxygens (including phenoxy) is 1. The summed E-state index contributed by atoms with van der Waals surface area (Å²) in [5.41, 5.74) is 5.98. The normalized spacial score (nSPS) is 12.3. The highest BCUT2D eigenvalue weighted by Gasteiger charge is 2.11. The molecule has 0 saturated carbocycles. The third-order valence-electron chi connectivity index (χ3n) is 4.49. The third kappa shape index (κ3) is 9.42. The van der Waals surface area contributed by atoms with Crippen molar-refractivity contribution >= 4 is 5.97 Å². The topological polar surface area (TPSA) is 26.3 Å². The number of carbonyl (C=O) groups excluding carboxylic acids is 1. The summed E-state index contributed by atoms with van der Waals surface area (Å²) in [6, 6.07) is 6.04. The molecule has 0 aliphatic rings. The van der Waals surface area contributed by atoms with E-state index < -0.39 is 0 Å². The van der Waals surface area contributed by atoms with Gasteiger partial charge in [0, 0.05) is 6.08 Å². The van der Waals surface area contributed by atoms with Gasteiger partial charge in [-0.25, -0.2) is 4.79 Å². The minimum atomic E-state index is -0.288. The first-order chi connectivity index (χ1) is 12.7. The molecule has 0 saturated heterocycles. The Morgan fingerprint density at radius 2 is 1.63 bits per heavy atom.